The maximum absolute atomic E-state index is 13.5. The topological polar surface area (TPSA) is 40.5 Å². The Labute approximate surface area is 107 Å². The zero-order chi connectivity index (χ0) is 12.3. The van der Waals surface area contributed by atoms with Crippen LogP contribution in [-0.4, -0.2) is 21.6 Å². The molecule has 1 aromatic carbocycles. The summed E-state index contributed by atoms with van der Waals surface area (Å²) in [5.41, 5.74) is 0.749. The van der Waals surface area contributed by atoms with Crippen molar-refractivity contribution in [1.82, 2.24) is 0 Å². The van der Waals surface area contributed by atoms with Gasteiger partial charge in [0.2, 0.25) is 0 Å². The van der Waals surface area contributed by atoms with E-state index < -0.39 is 18.0 Å². The van der Waals surface area contributed by atoms with Crippen LogP contribution in [0.5, 0.6) is 0 Å². The molecule has 0 aliphatic rings. The molecular weight excluding hydrogens is 298 g/mol. The molecule has 1 rings (SSSR count). The van der Waals surface area contributed by atoms with Gasteiger partial charge >= 0.3 is 0 Å². The molecule has 0 saturated carbocycles. The average molecular weight is 312 g/mol. The lowest BCUT2D eigenvalue weighted by Crippen LogP contribution is -2.19. The van der Waals surface area contributed by atoms with Crippen LogP contribution in [0.3, 0.4) is 0 Å². The number of alkyl halides is 1. The van der Waals surface area contributed by atoms with Crippen molar-refractivity contribution in [1.29, 1.82) is 0 Å². The quantitative estimate of drug-likeness (QED) is 0.839. The van der Waals surface area contributed by atoms with Crippen molar-refractivity contribution < 1.29 is 14.6 Å². The van der Waals surface area contributed by atoms with Crippen molar-refractivity contribution >= 4 is 27.5 Å². The van der Waals surface area contributed by atoms with E-state index in [1.807, 2.05) is 0 Å². The molecule has 0 heterocycles. The summed E-state index contributed by atoms with van der Waals surface area (Å²) in [4.78, 5) is 0. The predicted octanol–water partition coefficient (Wildman–Crippen LogP) is 2.97. The first-order chi connectivity index (χ1) is 7.47. The fraction of sp³-hybridized carbons (Fsp3) is 0.455. The van der Waals surface area contributed by atoms with E-state index in [1.54, 1.807) is 6.92 Å². The van der Waals surface area contributed by atoms with Gasteiger partial charge in [-0.05, 0) is 31.0 Å². The number of aliphatic hydroxyl groups is 2. The monoisotopic (exact) mass is 310 g/mol. The van der Waals surface area contributed by atoms with Gasteiger partial charge in [-0.1, -0.05) is 27.5 Å². The fourth-order valence-corrected chi connectivity index (χ4v) is 2.00. The summed E-state index contributed by atoms with van der Waals surface area (Å²) in [7, 11) is 0. The molecule has 1 aromatic rings. The normalized spacial score (nSPS) is 14.9. The summed E-state index contributed by atoms with van der Waals surface area (Å²) in [5.74, 6) is -0.600. The first-order valence-electron chi connectivity index (χ1n) is 4.85. The second-order valence-corrected chi connectivity index (χ2v) is 4.81. The SMILES string of the molecule is Cc1cc(C(O)C(O)CCBr)c(F)cc1Cl. The molecule has 0 aliphatic heterocycles. The molecule has 2 atom stereocenters. The van der Waals surface area contributed by atoms with E-state index in [1.165, 1.54) is 6.07 Å². The average Bonchev–Trinajstić information content (AvgIpc) is 2.23. The summed E-state index contributed by atoms with van der Waals surface area (Å²) in [6, 6.07) is 2.61. The standard InChI is InChI=1S/C11H13BrClFO2/c1-6-4-7(9(14)5-8(6)13)11(16)10(15)2-3-12/h4-5,10-11,15-16H,2-3H2,1H3. The second kappa shape index (κ2) is 5.96. The van der Waals surface area contributed by atoms with Crippen LogP contribution in [0.25, 0.3) is 0 Å². The van der Waals surface area contributed by atoms with Crippen molar-refractivity contribution in [3.05, 3.63) is 34.1 Å². The Morgan fingerprint density at radius 2 is 2.06 bits per heavy atom. The number of benzene rings is 1. The van der Waals surface area contributed by atoms with Gasteiger partial charge in [0, 0.05) is 15.9 Å². The van der Waals surface area contributed by atoms with Gasteiger partial charge in [0.05, 0.1) is 6.10 Å². The number of halogens is 3. The van der Waals surface area contributed by atoms with Gasteiger partial charge in [-0.25, -0.2) is 4.39 Å². The van der Waals surface area contributed by atoms with Gasteiger partial charge in [0.1, 0.15) is 11.9 Å². The van der Waals surface area contributed by atoms with Crippen LogP contribution in [0, 0.1) is 12.7 Å². The summed E-state index contributed by atoms with van der Waals surface area (Å²) in [6.07, 6.45) is -1.87. The van der Waals surface area contributed by atoms with Crippen LogP contribution in [0.1, 0.15) is 23.7 Å². The number of rotatable bonds is 4. The first kappa shape index (κ1) is 13.9. The Kier molecular flexibility index (Phi) is 5.18. The van der Waals surface area contributed by atoms with Crippen molar-refractivity contribution in [2.75, 3.05) is 5.33 Å². The highest BCUT2D eigenvalue weighted by Crippen LogP contribution is 2.27. The first-order valence-corrected chi connectivity index (χ1v) is 6.35. The second-order valence-electron chi connectivity index (χ2n) is 3.61. The molecule has 0 fully saturated rings. The number of hydrogen-bond acceptors (Lipinski definition) is 2. The molecule has 0 amide bonds. The molecule has 0 radical (unpaired) electrons. The van der Waals surface area contributed by atoms with Gasteiger partial charge in [0.25, 0.3) is 0 Å². The summed E-state index contributed by atoms with van der Waals surface area (Å²) in [5, 5.41) is 20.2. The summed E-state index contributed by atoms with van der Waals surface area (Å²) < 4.78 is 13.5. The zero-order valence-electron chi connectivity index (χ0n) is 8.75. The number of hydrogen-bond donors (Lipinski definition) is 2. The van der Waals surface area contributed by atoms with Crippen LogP contribution < -0.4 is 0 Å². The Hall–Kier alpha value is -0.160. The lowest BCUT2D eigenvalue weighted by atomic mass is 10.0. The van der Waals surface area contributed by atoms with E-state index in [9.17, 15) is 14.6 Å². The van der Waals surface area contributed by atoms with Crippen molar-refractivity contribution in [2.24, 2.45) is 0 Å². The third-order valence-corrected chi connectivity index (χ3v) is 3.23. The smallest absolute Gasteiger partial charge is 0.130 e. The molecule has 90 valence electrons. The maximum atomic E-state index is 13.5. The van der Waals surface area contributed by atoms with E-state index in [0.717, 1.165) is 6.07 Å². The van der Waals surface area contributed by atoms with Crippen molar-refractivity contribution in [3.63, 3.8) is 0 Å². The van der Waals surface area contributed by atoms with E-state index in [-0.39, 0.29) is 5.56 Å². The lowest BCUT2D eigenvalue weighted by Gasteiger charge is -2.18. The van der Waals surface area contributed by atoms with Crippen LogP contribution >= 0.6 is 27.5 Å². The largest absolute Gasteiger partial charge is 0.390 e. The summed E-state index contributed by atoms with van der Waals surface area (Å²) >= 11 is 8.89. The minimum Gasteiger partial charge on any atom is -0.390 e. The molecule has 0 bridgehead atoms. The Morgan fingerprint density at radius 3 is 2.62 bits per heavy atom. The molecule has 0 aromatic heterocycles. The molecule has 5 heteroatoms. The van der Waals surface area contributed by atoms with Crippen LogP contribution in [0.2, 0.25) is 5.02 Å². The Morgan fingerprint density at radius 1 is 1.44 bits per heavy atom. The maximum Gasteiger partial charge on any atom is 0.130 e. The van der Waals surface area contributed by atoms with E-state index in [4.69, 9.17) is 11.6 Å². The highest BCUT2D eigenvalue weighted by atomic mass is 79.9. The van der Waals surface area contributed by atoms with Crippen LogP contribution in [0.4, 0.5) is 4.39 Å². The van der Waals surface area contributed by atoms with Gasteiger partial charge in [-0.15, -0.1) is 0 Å². The van der Waals surface area contributed by atoms with Crippen LogP contribution in [0.15, 0.2) is 12.1 Å². The molecule has 0 spiro atoms. The van der Waals surface area contributed by atoms with Gasteiger partial charge < -0.3 is 10.2 Å². The molecule has 2 unspecified atom stereocenters. The number of aliphatic hydroxyl groups excluding tert-OH is 2. The van der Waals surface area contributed by atoms with Gasteiger partial charge in [-0.3, -0.25) is 0 Å². The van der Waals surface area contributed by atoms with Crippen molar-refractivity contribution in [2.45, 2.75) is 25.6 Å². The molecule has 0 aliphatic carbocycles. The third kappa shape index (κ3) is 3.17. The van der Waals surface area contributed by atoms with E-state index in [2.05, 4.69) is 15.9 Å². The van der Waals surface area contributed by atoms with Crippen molar-refractivity contribution in [3.8, 4) is 0 Å². The van der Waals surface area contributed by atoms with Gasteiger partial charge in [0.15, 0.2) is 0 Å². The third-order valence-electron chi connectivity index (χ3n) is 2.37. The van der Waals surface area contributed by atoms with E-state index in [0.29, 0.717) is 22.3 Å². The Balaban J connectivity index is 2.99. The minimum atomic E-state index is -1.23. The molecule has 2 nitrogen and oxygen atoms in total. The minimum absolute atomic E-state index is 0.0790. The predicted molar refractivity (Wildman–Crippen MR) is 65.5 cm³/mol. The van der Waals surface area contributed by atoms with Crippen LogP contribution in [-0.2, 0) is 0 Å². The highest BCUT2D eigenvalue weighted by molar-refractivity contribution is 9.09. The number of aryl methyl sites for hydroxylation is 1. The van der Waals surface area contributed by atoms with Gasteiger partial charge in [-0.2, -0.15) is 0 Å². The summed E-state index contributed by atoms with van der Waals surface area (Å²) in [6.45, 7) is 1.72. The Bertz CT molecular complexity index is 373. The fourth-order valence-electron chi connectivity index (χ4n) is 1.38. The lowest BCUT2D eigenvalue weighted by molar-refractivity contribution is 0.0152. The van der Waals surface area contributed by atoms with E-state index >= 15 is 0 Å². The molecule has 16 heavy (non-hydrogen) atoms. The highest BCUT2D eigenvalue weighted by Gasteiger charge is 2.21. The zero-order valence-corrected chi connectivity index (χ0v) is 11.1. The molecule has 0 saturated heterocycles. The molecule has 2 N–H and O–H groups in total. The molecular formula is C11H13BrClFO2.